The Morgan fingerprint density at radius 3 is 2.61 bits per heavy atom. The number of halogens is 1. The van der Waals surface area contributed by atoms with Gasteiger partial charge in [-0.3, -0.25) is 14.6 Å². The van der Waals surface area contributed by atoms with E-state index in [-0.39, 0.29) is 17.9 Å². The molecule has 3 aromatic rings. The van der Waals surface area contributed by atoms with Gasteiger partial charge < -0.3 is 14.7 Å². The summed E-state index contributed by atoms with van der Waals surface area (Å²) >= 11 is 3.38. The van der Waals surface area contributed by atoms with E-state index in [1.807, 2.05) is 37.3 Å². The highest BCUT2D eigenvalue weighted by atomic mass is 79.9. The van der Waals surface area contributed by atoms with E-state index in [1.165, 1.54) is 4.90 Å². The number of likely N-dealkylation sites (tertiary alicyclic amines) is 1. The van der Waals surface area contributed by atoms with Crippen molar-refractivity contribution in [1.82, 2.24) is 9.88 Å². The number of ketones is 1. The van der Waals surface area contributed by atoms with E-state index >= 15 is 0 Å². The number of ether oxygens (including phenoxy) is 1. The lowest BCUT2D eigenvalue weighted by Crippen LogP contribution is -2.29. The SMILES string of the molecule is CCCOc1cccc(C2/C(=C(/O)c3ccc(Br)cc3)C(=O)C(=O)N2Cc2cccnc2)c1. The fraction of sp³-hybridized carbons (Fsp3) is 0.192. The van der Waals surface area contributed by atoms with Gasteiger partial charge in [-0.2, -0.15) is 0 Å². The smallest absolute Gasteiger partial charge is 0.295 e. The van der Waals surface area contributed by atoms with Crippen LogP contribution in [0.15, 0.2) is 83.1 Å². The third-order valence-electron chi connectivity index (χ3n) is 5.38. The zero-order chi connectivity index (χ0) is 23.4. The Hall–Kier alpha value is -3.45. The van der Waals surface area contributed by atoms with Crippen molar-refractivity contribution in [3.05, 3.63) is 99.8 Å². The van der Waals surface area contributed by atoms with Crippen LogP contribution < -0.4 is 4.74 Å². The third-order valence-corrected chi connectivity index (χ3v) is 5.91. The number of hydrogen-bond donors (Lipinski definition) is 1. The minimum absolute atomic E-state index is 0.0545. The topological polar surface area (TPSA) is 79.7 Å². The van der Waals surface area contributed by atoms with Gasteiger partial charge in [0.2, 0.25) is 0 Å². The summed E-state index contributed by atoms with van der Waals surface area (Å²) in [5.41, 5.74) is 1.98. The van der Waals surface area contributed by atoms with Gasteiger partial charge in [0.1, 0.15) is 11.5 Å². The van der Waals surface area contributed by atoms with Crippen LogP contribution >= 0.6 is 15.9 Å². The molecule has 1 fully saturated rings. The zero-order valence-electron chi connectivity index (χ0n) is 18.1. The lowest BCUT2D eigenvalue weighted by molar-refractivity contribution is -0.140. The van der Waals surface area contributed by atoms with Crippen LogP contribution in [0.1, 0.15) is 36.1 Å². The van der Waals surface area contributed by atoms with Crippen LogP contribution in [0.2, 0.25) is 0 Å². The molecule has 1 aliphatic heterocycles. The molecule has 6 nitrogen and oxygen atoms in total. The number of nitrogens with zero attached hydrogens (tertiary/aromatic N) is 2. The largest absolute Gasteiger partial charge is 0.507 e. The molecule has 2 heterocycles. The number of Topliss-reactive ketones (excluding diaryl/α,β-unsaturated/α-hetero) is 1. The molecule has 0 spiro atoms. The molecular formula is C26H23BrN2O4. The van der Waals surface area contributed by atoms with Crippen LogP contribution in [-0.4, -0.2) is 33.3 Å². The fourth-order valence-corrected chi connectivity index (χ4v) is 4.10. The van der Waals surface area contributed by atoms with Crippen molar-refractivity contribution >= 4 is 33.4 Å². The number of aliphatic hydroxyl groups excluding tert-OH is 1. The summed E-state index contributed by atoms with van der Waals surface area (Å²) in [6, 6.07) is 17.1. The first kappa shape index (κ1) is 22.7. The molecule has 0 aliphatic carbocycles. The van der Waals surface area contributed by atoms with Gasteiger partial charge in [-0.1, -0.05) is 53.2 Å². The van der Waals surface area contributed by atoms with Crippen molar-refractivity contribution in [3.8, 4) is 5.75 Å². The number of rotatable bonds is 7. The number of carbonyl (C=O) groups is 2. The van der Waals surface area contributed by atoms with Crippen molar-refractivity contribution in [2.45, 2.75) is 25.9 Å². The van der Waals surface area contributed by atoms with Gasteiger partial charge in [0.05, 0.1) is 18.2 Å². The summed E-state index contributed by atoms with van der Waals surface area (Å²) in [5.74, 6) is -0.948. The van der Waals surface area contributed by atoms with Crippen molar-refractivity contribution in [2.75, 3.05) is 6.61 Å². The van der Waals surface area contributed by atoms with Gasteiger partial charge in [-0.15, -0.1) is 0 Å². The van der Waals surface area contributed by atoms with Crippen LogP contribution in [0.3, 0.4) is 0 Å². The molecule has 33 heavy (non-hydrogen) atoms. The lowest BCUT2D eigenvalue weighted by atomic mass is 9.95. The zero-order valence-corrected chi connectivity index (χ0v) is 19.7. The van der Waals surface area contributed by atoms with E-state index in [0.29, 0.717) is 23.5 Å². The van der Waals surface area contributed by atoms with Crippen LogP contribution in [0.4, 0.5) is 0 Å². The Morgan fingerprint density at radius 2 is 1.91 bits per heavy atom. The quantitative estimate of drug-likeness (QED) is 0.268. The van der Waals surface area contributed by atoms with E-state index in [9.17, 15) is 14.7 Å². The van der Waals surface area contributed by atoms with Crippen LogP contribution in [0.5, 0.6) is 5.75 Å². The summed E-state index contributed by atoms with van der Waals surface area (Å²) in [6.45, 7) is 2.75. The van der Waals surface area contributed by atoms with Gasteiger partial charge in [0, 0.05) is 29.0 Å². The molecule has 168 valence electrons. The summed E-state index contributed by atoms with van der Waals surface area (Å²) in [7, 11) is 0. The van der Waals surface area contributed by atoms with Gasteiger partial charge in [0.15, 0.2) is 0 Å². The highest BCUT2D eigenvalue weighted by Crippen LogP contribution is 2.41. The lowest BCUT2D eigenvalue weighted by Gasteiger charge is -2.25. The Bertz CT molecular complexity index is 1190. The molecule has 0 radical (unpaired) electrons. The number of hydrogen-bond acceptors (Lipinski definition) is 5. The van der Waals surface area contributed by atoms with E-state index in [1.54, 1.807) is 42.7 Å². The molecule has 1 atom stereocenters. The fourth-order valence-electron chi connectivity index (χ4n) is 3.84. The number of benzene rings is 2. The van der Waals surface area contributed by atoms with Crippen molar-refractivity contribution in [3.63, 3.8) is 0 Å². The molecule has 1 amide bonds. The summed E-state index contributed by atoms with van der Waals surface area (Å²) < 4.78 is 6.62. The summed E-state index contributed by atoms with van der Waals surface area (Å²) in [5, 5.41) is 11.1. The molecule has 1 aliphatic rings. The second kappa shape index (κ2) is 10.0. The van der Waals surface area contributed by atoms with Gasteiger partial charge in [0.25, 0.3) is 11.7 Å². The van der Waals surface area contributed by atoms with Crippen molar-refractivity contribution in [2.24, 2.45) is 0 Å². The Balaban J connectivity index is 1.84. The second-order valence-electron chi connectivity index (χ2n) is 7.72. The van der Waals surface area contributed by atoms with Gasteiger partial charge in [-0.25, -0.2) is 0 Å². The Kier molecular flexibility index (Phi) is 6.89. The second-order valence-corrected chi connectivity index (χ2v) is 8.63. The average Bonchev–Trinajstić information content (AvgIpc) is 3.08. The van der Waals surface area contributed by atoms with Crippen LogP contribution in [-0.2, 0) is 16.1 Å². The molecule has 1 N–H and O–H groups in total. The van der Waals surface area contributed by atoms with Gasteiger partial charge >= 0.3 is 0 Å². The number of amides is 1. The highest BCUT2D eigenvalue weighted by molar-refractivity contribution is 9.10. The van der Waals surface area contributed by atoms with Crippen molar-refractivity contribution in [1.29, 1.82) is 0 Å². The number of aromatic nitrogens is 1. The first-order chi connectivity index (χ1) is 16.0. The monoisotopic (exact) mass is 506 g/mol. The van der Waals surface area contributed by atoms with Gasteiger partial charge in [-0.05, 0) is 47.9 Å². The molecule has 7 heteroatoms. The Labute approximate surface area is 200 Å². The normalized spacial score (nSPS) is 17.4. The number of carbonyl (C=O) groups excluding carboxylic acids is 2. The highest BCUT2D eigenvalue weighted by Gasteiger charge is 2.46. The molecule has 2 aromatic carbocycles. The van der Waals surface area contributed by atoms with Crippen LogP contribution in [0, 0.1) is 0 Å². The first-order valence-electron chi connectivity index (χ1n) is 10.7. The standard InChI is InChI=1S/C26H23BrN2O4/c1-2-13-33-21-7-3-6-19(14-21)23-22(24(30)18-8-10-20(27)11-9-18)25(31)26(32)29(23)16-17-5-4-12-28-15-17/h3-12,14-15,23,30H,2,13,16H2,1H3/b24-22-. The first-order valence-corrected chi connectivity index (χ1v) is 11.4. The van der Waals surface area contributed by atoms with E-state index < -0.39 is 17.7 Å². The van der Waals surface area contributed by atoms with Crippen molar-refractivity contribution < 1.29 is 19.4 Å². The molecular weight excluding hydrogens is 484 g/mol. The number of pyridine rings is 1. The molecule has 4 rings (SSSR count). The Morgan fingerprint density at radius 1 is 1.12 bits per heavy atom. The summed E-state index contributed by atoms with van der Waals surface area (Å²) in [4.78, 5) is 31.9. The molecule has 0 saturated carbocycles. The third kappa shape index (κ3) is 4.83. The maximum Gasteiger partial charge on any atom is 0.295 e. The van der Waals surface area contributed by atoms with E-state index in [2.05, 4.69) is 20.9 Å². The molecule has 1 saturated heterocycles. The number of aliphatic hydroxyl groups is 1. The molecule has 0 bridgehead atoms. The molecule has 1 aromatic heterocycles. The van der Waals surface area contributed by atoms with E-state index in [4.69, 9.17) is 4.74 Å². The molecule has 1 unspecified atom stereocenters. The van der Waals surface area contributed by atoms with Crippen LogP contribution in [0.25, 0.3) is 5.76 Å². The summed E-state index contributed by atoms with van der Waals surface area (Å²) in [6.07, 6.45) is 4.16. The minimum Gasteiger partial charge on any atom is -0.507 e. The predicted molar refractivity (Wildman–Crippen MR) is 128 cm³/mol. The minimum atomic E-state index is -0.765. The predicted octanol–water partition coefficient (Wildman–Crippen LogP) is 5.25. The van der Waals surface area contributed by atoms with E-state index in [0.717, 1.165) is 16.5 Å². The maximum atomic E-state index is 13.2. The maximum absolute atomic E-state index is 13.2. The average molecular weight is 507 g/mol.